The summed E-state index contributed by atoms with van der Waals surface area (Å²) in [6, 6.07) is 11.3. The molecule has 0 unspecified atom stereocenters. The second-order valence-electron chi connectivity index (χ2n) is 5.99. The van der Waals surface area contributed by atoms with E-state index in [9.17, 15) is 10.0 Å². The van der Waals surface area contributed by atoms with E-state index in [1.54, 1.807) is 18.3 Å². The highest BCUT2D eigenvalue weighted by Crippen LogP contribution is 2.31. The number of aromatic amines is 2. The number of H-pyrrole nitrogens is 2. The van der Waals surface area contributed by atoms with Crippen LogP contribution in [0, 0.1) is 0 Å². The Morgan fingerprint density at radius 1 is 1.14 bits per heavy atom. The molecule has 0 fully saturated rings. The summed E-state index contributed by atoms with van der Waals surface area (Å²) in [6.07, 6.45) is 1.75. The minimum absolute atomic E-state index is 0.129. The normalized spacial score (nSPS) is 11.0. The average Bonchev–Trinajstić information content (AvgIpc) is 3.34. The Morgan fingerprint density at radius 3 is 2.75 bits per heavy atom. The molecule has 4 rings (SSSR count). The number of carboxylic acids is 1. The number of rotatable bonds is 6. The van der Waals surface area contributed by atoms with E-state index in [1.165, 1.54) is 0 Å². The number of fused-ring (bicyclic) bond motifs is 1. The zero-order valence-corrected chi connectivity index (χ0v) is 15.3. The molecule has 0 atom stereocenters. The van der Waals surface area contributed by atoms with Crippen LogP contribution >= 0.6 is 11.8 Å². The maximum atomic E-state index is 10.7. The second-order valence-corrected chi connectivity index (χ2v) is 6.93. The van der Waals surface area contributed by atoms with E-state index in [2.05, 4.69) is 32.1 Å². The first-order valence-corrected chi connectivity index (χ1v) is 9.13. The summed E-state index contributed by atoms with van der Waals surface area (Å²) in [7, 11) is 0. The highest BCUT2D eigenvalue weighted by atomic mass is 32.2. The summed E-state index contributed by atoms with van der Waals surface area (Å²) in [6.45, 7) is 3.53. The molecule has 0 amide bonds. The lowest BCUT2D eigenvalue weighted by atomic mass is 10.0. The molecule has 2 aromatic heterocycles. The zero-order chi connectivity index (χ0) is 19.7. The van der Waals surface area contributed by atoms with Crippen molar-refractivity contribution in [3.63, 3.8) is 0 Å². The number of thioether (sulfide) groups is 1. The monoisotopic (exact) mass is 395 g/mol. The maximum absolute atomic E-state index is 10.7. The van der Waals surface area contributed by atoms with Crippen molar-refractivity contribution in [3.8, 4) is 22.5 Å². The highest BCUT2D eigenvalue weighted by Gasteiger charge is 2.15. The van der Waals surface area contributed by atoms with Crippen LogP contribution in [0.4, 0.5) is 5.69 Å². The molecule has 0 radical (unpaired) electrons. The van der Waals surface area contributed by atoms with E-state index in [0.29, 0.717) is 22.2 Å². The Hall–Kier alpha value is -3.66. The van der Waals surface area contributed by atoms with Gasteiger partial charge in [-0.25, -0.2) is 4.98 Å². The van der Waals surface area contributed by atoms with Gasteiger partial charge in [0.2, 0.25) is 5.16 Å². The third kappa shape index (κ3) is 3.58. The quantitative estimate of drug-likeness (QED) is 0.130. The number of hydrogen-bond donors (Lipinski definition) is 4. The first-order chi connectivity index (χ1) is 13.5. The fourth-order valence-corrected chi connectivity index (χ4v) is 3.27. The molecule has 0 aliphatic carbocycles. The molecular formula is C18H15N6O3S+. The van der Waals surface area contributed by atoms with E-state index in [4.69, 9.17) is 5.11 Å². The Labute approximate surface area is 162 Å². The number of aromatic nitrogens is 5. The molecule has 0 saturated carbocycles. The molecule has 4 N–H and O–H groups in total. The van der Waals surface area contributed by atoms with Crippen LogP contribution in [-0.2, 0) is 4.79 Å². The maximum Gasteiger partial charge on any atom is 0.313 e. The predicted octanol–water partition coefficient (Wildman–Crippen LogP) is 2.93. The molecule has 0 saturated heterocycles. The number of hydrogen-bond acceptors (Lipinski definition) is 6. The second kappa shape index (κ2) is 7.16. The smallest absolute Gasteiger partial charge is 0.313 e. The van der Waals surface area contributed by atoms with Gasteiger partial charge in [-0.15, -0.1) is 5.10 Å². The zero-order valence-electron chi connectivity index (χ0n) is 14.5. The fraction of sp³-hybridized carbons (Fsp3) is 0.0556. The summed E-state index contributed by atoms with van der Waals surface area (Å²) < 4.78 is 0.776. The lowest BCUT2D eigenvalue weighted by Crippen LogP contribution is -1.97. The van der Waals surface area contributed by atoms with Gasteiger partial charge < -0.3 is 5.11 Å². The third-order valence-electron chi connectivity index (χ3n) is 4.05. The van der Waals surface area contributed by atoms with Crippen LogP contribution in [0.3, 0.4) is 0 Å². The van der Waals surface area contributed by atoms with E-state index in [-0.39, 0.29) is 5.75 Å². The number of nitrogens with one attached hydrogen (secondary N) is 2. The van der Waals surface area contributed by atoms with Crippen molar-refractivity contribution < 1.29 is 19.8 Å². The molecular weight excluding hydrogens is 380 g/mol. The lowest BCUT2D eigenvalue weighted by molar-refractivity contribution is -0.706. The van der Waals surface area contributed by atoms with Gasteiger partial charge in [0.05, 0.1) is 17.5 Å². The predicted molar refractivity (Wildman–Crippen MR) is 104 cm³/mol. The van der Waals surface area contributed by atoms with Crippen LogP contribution < -0.4 is 0 Å². The van der Waals surface area contributed by atoms with Crippen molar-refractivity contribution in [1.29, 1.82) is 0 Å². The van der Waals surface area contributed by atoms with Crippen molar-refractivity contribution in [1.82, 2.24) is 25.4 Å². The van der Waals surface area contributed by atoms with Gasteiger partial charge in [-0.1, -0.05) is 23.9 Å². The molecule has 0 bridgehead atoms. The fourth-order valence-electron chi connectivity index (χ4n) is 2.75. The highest BCUT2D eigenvalue weighted by molar-refractivity contribution is 7.99. The molecule has 28 heavy (non-hydrogen) atoms. The van der Waals surface area contributed by atoms with Gasteiger partial charge in [0.1, 0.15) is 0 Å². The number of benzene rings is 2. The number of carboxylic acid groups (broad SMARTS) is 1. The van der Waals surface area contributed by atoms with E-state index in [0.717, 1.165) is 38.5 Å². The summed E-state index contributed by atoms with van der Waals surface area (Å²) in [5.41, 5.74) is 3.79. The third-order valence-corrected chi connectivity index (χ3v) is 4.89. The minimum Gasteiger partial charge on any atom is -0.481 e. The van der Waals surface area contributed by atoms with Gasteiger partial charge in [-0.3, -0.25) is 20.2 Å². The first kappa shape index (κ1) is 17.7. The molecule has 0 aliphatic rings. The SMILES string of the molecule is C=[N+](O)c1cc(-c2ccc3cn[nH]c3c2)cc(-c2nc(SCC(=O)O)n[nH]2)c1. The van der Waals surface area contributed by atoms with Crippen LogP contribution in [0.15, 0.2) is 47.8 Å². The van der Waals surface area contributed by atoms with Crippen molar-refractivity contribution >= 4 is 41.0 Å². The van der Waals surface area contributed by atoms with E-state index in [1.807, 2.05) is 24.3 Å². The largest absolute Gasteiger partial charge is 0.481 e. The number of carbonyl (C=O) groups is 1. The molecule has 0 aliphatic heterocycles. The minimum atomic E-state index is -0.942. The van der Waals surface area contributed by atoms with Crippen molar-refractivity contribution in [2.45, 2.75) is 5.16 Å². The van der Waals surface area contributed by atoms with Gasteiger partial charge in [-0.05, 0) is 23.3 Å². The van der Waals surface area contributed by atoms with Crippen LogP contribution in [-0.4, -0.2) is 58.9 Å². The van der Waals surface area contributed by atoms with Gasteiger partial charge in [-0.2, -0.15) is 5.10 Å². The van der Waals surface area contributed by atoms with Gasteiger partial charge in [0, 0.05) is 27.8 Å². The van der Waals surface area contributed by atoms with Gasteiger partial charge in [0.15, 0.2) is 12.5 Å². The van der Waals surface area contributed by atoms with Crippen molar-refractivity contribution in [2.24, 2.45) is 0 Å². The molecule has 9 nitrogen and oxygen atoms in total. The number of aliphatic carboxylic acids is 1. The molecule has 0 spiro atoms. The molecule has 2 aromatic carbocycles. The molecule has 140 valence electrons. The standard InChI is InChI=1S/C18H14N6O3S/c1-24(27)14-5-12(10-2-3-11-8-19-21-15(11)7-10)4-13(6-14)17-20-18(23-22-17)28-9-16(25)26/h2-8H,1,9H2,(H3-,19,20,21,22,23,25,26,27)/p+1. The van der Waals surface area contributed by atoms with E-state index >= 15 is 0 Å². The molecule has 2 heterocycles. The topological polar surface area (TPSA) is 131 Å². The Balaban J connectivity index is 1.75. The van der Waals surface area contributed by atoms with Crippen molar-refractivity contribution in [2.75, 3.05) is 5.75 Å². The average molecular weight is 395 g/mol. The van der Waals surface area contributed by atoms with Gasteiger partial charge >= 0.3 is 5.97 Å². The summed E-state index contributed by atoms with van der Waals surface area (Å²) in [4.78, 5) is 15.0. The van der Waals surface area contributed by atoms with Crippen LogP contribution in [0.25, 0.3) is 33.4 Å². The Morgan fingerprint density at radius 2 is 1.96 bits per heavy atom. The first-order valence-electron chi connectivity index (χ1n) is 8.15. The van der Waals surface area contributed by atoms with Crippen LogP contribution in [0.1, 0.15) is 0 Å². The summed E-state index contributed by atoms with van der Waals surface area (Å²) >= 11 is 1.02. The summed E-state index contributed by atoms with van der Waals surface area (Å²) in [5.74, 6) is -0.612. The number of nitrogens with zero attached hydrogens (tertiary/aromatic N) is 4. The molecule has 4 aromatic rings. The van der Waals surface area contributed by atoms with Crippen LogP contribution in [0.2, 0.25) is 0 Å². The molecule has 10 heteroatoms. The lowest BCUT2D eigenvalue weighted by Gasteiger charge is -2.05. The Bertz CT molecular complexity index is 1200. The van der Waals surface area contributed by atoms with Crippen molar-refractivity contribution in [3.05, 3.63) is 42.6 Å². The van der Waals surface area contributed by atoms with Gasteiger partial charge in [0.25, 0.3) is 5.69 Å². The van der Waals surface area contributed by atoms with Crippen LogP contribution in [0.5, 0.6) is 0 Å². The van der Waals surface area contributed by atoms with E-state index < -0.39 is 5.97 Å². The summed E-state index contributed by atoms with van der Waals surface area (Å²) in [5, 5.41) is 33.8. The Kier molecular flexibility index (Phi) is 4.53.